The maximum absolute atomic E-state index is 6.64. The van der Waals surface area contributed by atoms with E-state index in [1.165, 1.54) is 43.4 Å². The maximum atomic E-state index is 6.64. The van der Waals surface area contributed by atoms with Crippen LogP contribution >= 0.6 is 0 Å². The fraction of sp³-hybridized carbons (Fsp3) is 0.0392. The molecule has 1 aliphatic heterocycles. The second-order valence-corrected chi connectivity index (χ2v) is 14.4. The van der Waals surface area contributed by atoms with E-state index in [1.807, 2.05) is 0 Å². The van der Waals surface area contributed by atoms with Gasteiger partial charge in [0, 0.05) is 21.9 Å². The lowest BCUT2D eigenvalue weighted by molar-refractivity contribution is 0.411. The molecular weight excluding hydrogens is 671 g/mol. The largest absolute Gasteiger partial charge is 0.456 e. The molecule has 0 fully saturated rings. The Morgan fingerprint density at radius 2 is 1.07 bits per heavy atom. The van der Waals surface area contributed by atoms with E-state index in [2.05, 4.69) is 199 Å². The van der Waals surface area contributed by atoms with Gasteiger partial charge in [-0.15, -0.1) is 0 Å². The molecule has 1 aromatic heterocycles. The molecule has 0 spiro atoms. The molecule has 2 heterocycles. The summed E-state index contributed by atoms with van der Waals surface area (Å²) in [6, 6.07) is 67.0. The first kappa shape index (κ1) is 31.5. The number of fused-ring (bicyclic) bond motifs is 7. The molecule has 260 valence electrons. The Hall–Kier alpha value is -7.01. The number of hydrogen-bond acceptors (Lipinski definition) is 4. The van der Waals surface area contributed by atoms with Crippen LogP contribution in [0, 0.1) is 0 Å². The van der Waals surface area contributed by atoms with Gasteiger partial charge in [-0.3, -0.25) is 5.32 Å². The molecule has 0 radical (unpaired) electrons. The van der Waals surface area contributed by atoms with Crippen molar-refractivity contribution in [1.29, 1.82) is 0 Å². The highest BCUT2D eigenvalue weighted by molar-refractivity contribution is 6.16. The van der Waals surface area contributed by atoms with Crippen LogP contribution in [0.25, 0.3) is 76.5 Å². The van der Waals surface area contributed by atoms with Gasteiger partial charge in [0.15, 0.2) is 0 Å². The lowest BCUT2D eigenvalue weighted by Gasteiger charge is -2.32. The number of nitrogens with zero attached hydrogens (tertiary/aromatic N) is 1. The normalized spacial score (nSPS) is 15.8. The minimum atomic E-state index is -0.290. The summed E-state index contributed by atoms with van der Waals surface area (Å²) in [6.45, 7) is 0. The fourth-order valence-corrected chi connectivity index (χ4v) is 8.41. The van der Waals surface area contributed by atoms with Gasteiger partial charge >= 0.3 is 0 Å². The van der Waals surface area contributed by atoms with Crippen molar-refractivity contribution in [3.05, 3.63) is 205 Å². The van der Waals surface area contributed by atoms with E-state index in [0.717, 1.165) is 55.6 Å². The van der Waals surface area contributed by atoms with E-state index in [4.69, 9.17) is 9.41 Å². The zero-order valence-corrected chi connectivity index (χ0v) is 29.9. The molecular formula is C51H35N3O. The first-order valence-corrected chi connectivity index (χ1v) is 18.8. The highest BCUT2D eigenvalue weighted by Gasteiger charge is 2.28. The zero-order valence-electron chi connectivity index (χ0n) is 29.9. The number of nitrogens with one attached hydrogen (secondary N) is 2. The molecule has 55 heavy (non-hydrogen) atoms. The van der Waals surface area contributed by atoms with E-state index in [-0.39, 0.29) is 12.3 Å². The Balaban J connectivity index is 1.06. The lowest BCUT2D eigenvalue weighted by atomic mass is 9.93. The minimum absolute atomic E-state index is 0.268. The van der Waals surface area contributed by atoms with Gasteiger partial charge in [0.2, 0.25) is 0 Å². The predicted molar refractivity (Wildman–Crippen MR) is 228 cm³/mol. The summed E-state index contributed by atoms with van der Waals surface area (Å²) in [6.07, 6.45) is -0.558. The van der Waals surface area contributed by atoms with Gasteiger partial charge in [-0.2, -0.15) is 0 Å². The second-order valence-electron chi connectivity index (χ2n) is 14.4. The van der Waals surface area contributed by atoms with Crippen LogP contribution in [0.15, 0.2) is 197 Å². The molecule has 10 aromatic rings. The number of aliphatic imine (C=N–C) groups is 1. The Bertz CT molecular complexity index is 3110. The van der Waals surface area contributed by atoms with Crippen LogP contribution in [0.3, 0.4) is 0 Å². The molecule has 2 unspecified atom stereocenters. The van der Waals surface area contributed by atoms with Crippen LogP contribution in [0.4, 0.5) is 0 Å². The molecule has 11 rings (SSSR count). The molecule has 1 aliphatic rings. The van der Waals surface area contributed by atoms with E-state index >= 15 is 0 Å². The van der Waals surface area contributed by atoms with Gasteiger partial charge in [0.25, 0.3) is 0 Å². The molecule has 0 amide bonds. The van der Waals surface area contributed by atoms with Crippen molar-refractivity contribution in [1.82, 2.24) is 10.6 Å². The molecule has 4 heteroatoms. The van der Waals surface area contributed by atoms with E-state index < -0.39 is 0 Å². The molecule has 0 aliphatic carbocycles. The van der Waals surface area contributed by atoms with Gasteiger partial charge in [-0.25, -0.2) is 4.99 Å². The molecule has 9 aromatic carbocycles. The van der Waals surface area contributed by atoms with E-state index in [1.54, 1.807) is 0 Å². The average molecular weight is 706 g/mol. The quantitative estimate of drug-likeness (QED) is 0.175. The molecule has 0 saturated heterocycles. The highest BCUT2D eigenvalue weighted by atomic mass is 16.3. The summed E-state index contributed by atoms with van der Waals surface area (Å²) in [5.41, 5.74) is 9.63. The molecule has 0 saturated carbocycles. The summed E-state index contributed by atoms with van der Waals surface area (Å²) < 4.78 is 6.64. The SMILES string of the molecule is c1ccc(-c2ccc(C3=NC(c4ccc5ccccc5c4)NC(c4cccc5oc6cccc(-c7ccc8ccc9ccccc9c8c7)c6c45)N3)cc2)cc1. The van der Waals surface area contributed by atoms with Gasteiger partial charge in [-0.05, 0) is 84.4 Å². The third kappa shape index (κ3) is 5.46. The van der Waals surface area contributed by atoms with Gasteiger partial charge in [-0.1, -0.05) is 164 Å². The summed E-state index contributed by atoms with van der Waals surface area (Å²) >= 11 is 0. The van der Waals surface area contributed by atoms with Crippen molar-refractivity contribution < 1.29 is 4.42 Å². The standard InChI is InChI=1S/C51H35N3O/c1-2-10-32(11-3-1)34-20-26-37(27-21-34)49-52-50(40-29-22-33-12-4-5-14-38(33)30-40)54-51(53-49)43-17-9-19-46-48(43)47-42(16-8-18-45(47)55-46)39-28-25-36-24-23-35-13-6-7-15-41(35)44(36)31-39/h1-31,50-51,54H,(H,52,53). The summed E-state index contributed by atoms with van der Waals surface area (Å²) in [7, 11) is 0. The fourth-order valence-electron chi connectivity index (χ4n) is 8.41. The first-order valence-electron chi connectivity index (χ1n) is 18.8. The van der Waals surface area contributed by atoms with Crippen LogP contribution in [-0.4, -0.2) is 5.84 Å². The Labute approximate surface area is 318 Å². The number of amidine groups is 1. The number of furan rings is 1. The Kier molecular flexibility index (Phi) is 7.35. The first-order chi connectivity index (χ1) is 27.2. The molecule has 4 nitrogen and oxygen atoms in total. The zero-order chi connectivity index (χ0) is 36.3. The molecule has 0 bridgehead atoms. The van der Waals surface area contributed by atoms with Crippen molar-refractivity contribution in [2.24, 2.45) is 4.99 Å². The number of rotatable bonds is 5. The Morgan fingerprint density at radius 3 is 1.93 bits per heavy atom. The second kappa shape index (κ2) is 12.8. The van der Waals surface area contributed by atoms with Crippen molar-refractivity contribution in [2.75, 3.05) is 0 Å². The highest BCUT2D eigenvalue weighted by Crippen LogP contribution is 2.42. The van der Waals surface area contributed by atoms with Crippen molar-refractivity contribution in [3.8, 4) is 22.3 Å². The third-order valence-corrected chi connectivity index (χ3v) is 11.1. The Morgan fingerprint density at radius 1 is 0.436 bits per heavy atom. The maximum Gasteiger partial charge on any atom is 0.136 e. The number of hydrogen-bond donors (Lipinski definition) is 2. The van der Waals surface area contributed by atoms with Crippen molar-refractivity contribution >= 4 is 60.1 Å². The van der Waals surface area contributed by atoms with Gasteiger partial charge in [0.1, 0.15) is 29.3 Å². The van der Waals surface area contributed by atoms with Crippen LogP contribution in [0.2, 0.25) is 0 Å². The third-order valence-electron chi connectivity index (χ3n) is 11.1. The number of benzene rings is 9. The van der Waals surface area contributed by atoms with Crippen LogP contribution in [-0.2, 0) is 0 Å². The molecule has 2 N–H and O–H groups in total. The summed E-state index contributed by atoms with van der Waals surface area (Å²) in [5, 5.41) is 17.3. The summed E-state index contributed by atoms with van der Waals surface area (Å²) in [5.74, 6) is 0.841. The van der Waals surface area contributed by atoms with E-state index in [0.29, 0.717) is 0 Å². The van der Waals surface area contributed by atoms with Crippen LogP contribution < -0.4 is 10.6 Å². The van der Waals surface area contributed by atoms with E-state index in [9.17, 15) is 0 Å². The van der Waals surface area contributed by atoms with Crippen molar-refractivity contribution in [2.45, 2.75) is 12.3 Å². The minimum Gasteiger partial charge on any atom is -0.456 e. The van der Waals surface area contributed by atoms with Gasteiger partial charge in [0.05, 0.1) is 0 Å². The van der Waals surface area contributed by atoms with Gasteiger partial charge < -0.3 is 9.73 Å². The predicted octanol–water partition coefficient (Wildman–Crippen LogP) is 12.7. The topological polar surface area (TPSA) is 49.6 Å². The molecule has 2 atom stereocenters. The summed E-state index contributed by atoms with van der Waals surface area (Å²) in [4.78, 5) is 5.33. The van der Waals surface area contributed by atoms with Crippen LogP contribution in [0.1, 0.15) is 29.0 Å². The average Bonchev–Trinajstić information content (AvgIpc) is 3.66. The van der Waals surface area contributed by atoms with Crippen LogP contribution in [0.5, 0.6) is 0 Å². The lowest BCUT2D eigenvalue weighted by Crippen LogP contribution is -2.45. The monoisotopic (exact) mass is 705 g/mol. The van der Waals surface area contributed by atoms with Crippen molar-refractivity contribution in [3.63, 3.8) is 0 Å². The smallest absolute Gasteiger partial charge is 0.136 e.